The second kappa shape index (κ2) is 3.25. The number of hydrogen-bond acceptors (Lipinski definition) is 3. The van der Waals surface area contributed by atoms with Crippen LogP contribution < -0.4 is 4.90 Å². The van der Waals surface area contributed by atoms with E-state index in [-0.39, 0.29) is 0 Å². The van der Waals surface area contributed by atoms with E-state index in [2.05, 4.69) is 16.8 Å². The molecule has 0 aliphatic rings. The van der Waals surface area contributed by atoms with Crippen molar-refractivity contribution in [2.45, 2.75) is 13.3 Å². The molecular weight excluding hydrogens is 128 g/mol. The lowest BCUT2D eigenvalue weighted by molar-refractivity contribution is 0.557. The van der Waals surface area contributed by atoms with Gasteiger partial charge in [0.05, 0.1) is 0 Å². The van der Waals surface area contributed by atoms with E-state index < -0.39 is 0 Å². The molecule has 0 atom stereocenters. The second-order valence-corrected chi connectivity index (χ2v) is 2.27. The minimum atomic E-state index is 0.904. The van der Waals surface area contributed by atoms with Crippen molar-refractivity contribution in [3.05, 3.63) is 12.7 Å². The Morgan fingerprint density at radius 1 is 1.70 bits per heavy atom. The van der Waals surface area contributed by atoms with E-state index >= 15 is 0 Å². The molecule has 0 radical (unpaired) electrons. The van der Waals surface area contributed by atoms with Gasteiger partial charge in [0.25, 0.3) is 0 Å². The summed E-state index contributed by atoms with van der Waals surface area (Å²) in [6.07, 6.45) is 4.22. The summed E-state index contributed by atoms with van der Waals surface area (Å²) in [6.45, 7) is 3.16. The number of rotatable bonds is 3. The van der Waals surface area contributed by atoms with Crippen molar-refractivity contribution in [3.63, 3.8) is 0 Å². The fourth-order valence-corrected chi connectivity index (χ4v) is 0.845. The van der Waals surface area contributed by atoms with Gasteiger partial charge in [-0.1, -0.05) is 6.92 Å². The first-order valence-corrected chi connectivity index (χ1v) is 3.44. The van der Waals surface area contributed by atoms with Crippen LogP contribution in [0, 0.1) is 0 Å². The Morgan fingerprint density at radius 2 is 2.50 bits per heavy atom. The van der Waals surface area contributed by atoms with E-state index in [0.29, 0.717) is 0 Å². The molecule has 1 heterocycles. The third kappa shape index (κ3) is 1.50. The lowest BCUT2D eigenvalue weighted by Crippen LogP contribution is -2.17. The van der Waals surface area contributed by atoms with Crippen molar-refractivity contribution in [2.24, 2.45) is 0 Å². The second-order valence-electron chi connectivity index (χ2n) is 2.27. The van der Waals surface area contributed by atoms with Gasteiger partial charge in [0.1, 0.15) is 6.26 Å². The molecule has 1 aromatic rings. The Kier molecular flexibility index (Phi) is 2.31. The molecule has 0 unspecified atom stereocenters. The maximum absolute atomic E-state index is 4.83. The lowest BCUT2D eigenvalue weighted by atomic mass is 10.4. The van der Waals surface area contributed by atoms with Crippen LogP contribution in [0.2, 0.25) is 0 Å². The van der Waals surface area contributed by atoms with Crippen LogP contribution in [0.5, 0.6) is 0 Å². The van der Waals surface area contributed by atoms with Gasteiger partial charge in [0.2, 0.25) is 0 Å². The molecule has 0 aliphatic heterocycles. The molecule has 3 nitrogen and oxygen atoms in total. The van der Waals surface area contributed by atoms with Gasteiger partial charge < -0.3 is 9.32 Å². The number of anilines is 1. The molecule has 0 aliphatic carbocycles. The van der Waals surface area contributed by atoms with Crippen molar-refractivity contribution in [1.29, 1.82) is 0 Å². The third-order valence-electron chi connectivity index (χ3n) is 1.37. The van der Waals surface area contributed by atoms with E-state index in [1.165, 1.54) is 6.39 Å². The lowest BCUT2D eigenvalue weighted by Gasteiger charge is -2.12. The highest BCUT2D eigenvalue weighted by Crippen LogP contribution is 2.06. The van der Waals surface area contributed by atoms with Crippen LogP contribution in [0.4, 0.5) is 5.82 Å². The molecule has 56 valence electrons. The standard InChI is InChI=1S/C7H12N2O/c1-3-4-9(2)7-5-10-6-8-7/h5-6H,3-4H2,1-2H3. The van der Waals surface area contributed by atoms with Gasteiger partial charge in [0, 0.05) is 13.6 Å². The highest BCUT2D eigenvalue weighted by molar-refractivity contribution is 5.32. The zero-order chi connectivity index (χ0) is 7.40. The summed E-state index contributed by atoms with van der Waals surface area (Å²) in [4.78, 5) is 6.05. The molecule has 0 fully saturated rings. The van der Waals surface area contributed by atoms with Crippen molar-refractivity contribution in [2.75, 3.05) is 18.5 Å². The smallest absolute Gasteiger partial charge is 0.182 e. The van der Waals surface area contributed by atoms with Crippen LogP contribution in [0.15, 0.2) is 17.1 Å². The average Bonchev–Trinajstić information content (AvgIpc) is 2.38. The van der Waals surface area contributed by atoms with Crippen molar-refractivity contribution in [3.8, 4) is 0 Å². The Balaban J connectivity index is 2.50. The van der Waals surface area contributed by atoms with Gasteiger partial charge in [-0.2, -0.15) is 4.98 Å². The van der Waals surface area contributed by atoms with Gasteiger partial charge in [-0.15, -0.1) is 0 Å². The molecule has 0 N–H and O–H groups in total. The van der Waals surface area contributed by atoms with Crippen LogP contribution in [0.1, 0.15) is 13.3 Å². The Bertz CT molecular complexity index is 172. The van der Waals surface area contributed by atoms with E-state index in [0.717, 1.165) is 18.8 Å². The number of aromatic nitrogens is 1. The van der Waals surface area contributed by atoms with Crippen LogP contribution in [-0.2, 0) is 0 Å². The van der Waals surface area contributed by atoms with Crippen LogP contribution >= 0.6 is 0 Å². The first kappa shape index (κ1) is 7.12. The first-order chi connectivity index (χ1) is 4.84. The molecule has 3 heteroatoms. The van der Waals surface area contributed by atoms with Crippen LogP contribution in [0.25, 0.3) is 0 Å². The van der Waals surface area contributed by atoms with Gasteiger partial charge >= 0.3 is 0 Å². The highest BCUT2D eigenvalue weighted by atomic mass is 16.3. The molecule has 0 amide bonds. The minimum absolute atomic E-state index is 0.904. The van der Waals surface area contributed by atoms with E-state index in [4.69, 9.17) is 4.42 Å². The van der Waals surface area contributed by atoms with Crippen molar-refractivity contribution < 1.29 is 4.42 Å². The summed E-state index contributed by atoms with van der Waals surface area (Å²) in [6, 6.07) is 0. The average molecular weight is 140 g/mol. The predicted molar refractivity (Wildman–Crippen MR) is 40.1 cm³/mol. The summed E-state index contributed by atoms with van der Waals surface area (Å²) in [5.74, 6) is 0.904. The Labute approximate surface area is 60.7 Å². The number of oxazole rings is 1. The van der Waals surface area contributed by atoms with Crippen LogP contribution in [-0.4, -0.2) is 18.6 Å². The molecule has 0 saturated heterocycles. The van der Waals surface area contributed by atoms with E-state index in [9.17, 15) is 0 Å². The number of nitrogens with zero attached hydrogens (tertiary/aromatic N) is 2. The Hall–Kier alpha value is -0.990. The monoisotopic (exact) mass is 140 g/mol. The summed E-state index contributed by atoms with van der Waals surface area (Å²) in [7, 11) is 2.00. The molecule has 0 bridgehead atoms. The summed E-state index contributed by atoms with van der Waals surface area (Å²) in [5.41, 5.74) is 0. The molecular formula is C7H12N2O. The highest BCUT2D eigenvalue weighted by Gasteiger charge is 1.99. The van der Waals surface area contributed by atoms with E-state index in [1.807, 2.05) is 7.05 Å². The van der Waals surface area contributed by atoms with Crippen molar-refractivity contribution >= 4 is 5.82 Å². The maximum atomic E-state index is 4.83. The molecule has 0 aromatic carbocycles. The topological polar surface area (TPSA) is 29.3 Å². The summed E-state index contributed by atoms with van der Waals surface area (Å²) < 4.78 is 4.83. The maximum Gasteiger partial charge on any atom is 0.182 e. The third-order valence-corrected chi connectivity index (χ3v) is 1.37. The largest absolute Gasteiger partial charge is 0.449 e. The van der Waals surface area contributed by atoms with Gasteiger partial charge in [-0.05, 0) is 6.42 Å². The molecule has 1 rings (SSSR count). The molecule has 0 spiro atoms. The number of hydrogen-bond donors (Lipinski definition) is 0. The van der Waals surface area contributed by atoms with Crippen molar-refractivity contribution in [1.82, 2.24) is 4.98 Å². The zero-order valence-electron chi connectivity index (χ0n) is 6.37. The van der Waals surface area contributed by atoms with E-state index in [1.54, 1.807) is 6.26 Å². The van der Waals surface area contributed by atoms with Gasteiger partial charge in [-0.25, -0.2) is 0 Å². The normalized spacial score (nSPS) is 9.80. The zero-order valence-corrected chi connectivity index (χ0v) is 6.37. The summed E-state index contributed by atoms with van der Waals surface area (Å²) >= 11 is 0. The Morgan fingerprint density at radius 3 is 3.00 bits per heavy atom. The quantitative estimate of drug-likeness (QED) is 0.637. The fourth-order valence-electron chi connectivity index (χ4n) is 0.845. The molecule has 0 saturated carbocycles. The van der Waals surface area contributed by atoms with Gasteiger partial charge in [0.15, 0.2) is 12.2 Å². The minimum Gasteiger partial charge on any atom is -0.449 e. The van der Waals surface area contributed by atoms with Crippen LogP contribution in [0.3, 0.4) is 0 Å². The SMILES string of the molecule is CCCN(C)c1cocn1. The van der Waals surface area contributed by atoms with Gasteiger partial charge in [-0.3, -0.25) is 0 Å². The first-order valence-electron chi connectivity index (χ1n) is 3.44. The fraction of sp³-hybridized carbons (Fsp3) is 0.571. The predicted octanol–water partition coefficient (Wildman–Crippen LogP) is 1.52. The molecule has 1 aromatic heterocycles. The molecule has 10 heavy (non-hydrogen) atoms. The summed E-state index contributed by atoms with van der Waals surface area (Å²) in [5, 5.41) is 0.